The van der Waals surface area contributed by atoms with E-state index in [1.807, 2.05) is 38.1 Å². The smallest absolute Gasteiger partial charge is 0.326 e. The predicted octanol–water partition coefficient (Wildman–Crippen LogP) is 0.741. The molecule has 1 heterocycles. The quantitative estimate of drug-likeness (QED) is 0.137. The van der Waals surface area contributed by atoms with E-state index < -0.39 is 60.2 Å². The summed E-state index contributed by atoms with van der Waals surface area (Å²) in [6, 6.07) is 11.3. The number of nitrogens with two attached hydrogens (primary N) is 2. The molecule has 224 valence electrons. The van der Waals surface area contributed by atoms with Gasteiger partial charge in [0.15, 0.2) is 0 Å². The number of hydrogen-bond acceptors (Lipinski definition) is 6. The Labute approximate surface area is 243 Å². The molecule has 0 aliphatic carbocycles. The summed E-state index contributed by atoms with van der Waals surface area (Å²) < 4.78 is 0. The van der Waals surface area contributed by atoms with Crippen LogP contribution in [0.3, 0.4) is 0 Å². The molecular formula is C30H38N6O6. The van der Waals surface area contributed by atoms with Gasteiger partial charge in [-0.2, -0.15) is 0 Å². The molecule has 12 nitrogen and oxygen atoms in total. The van der Waals surface area contributed by atoms with E-state index in [9.17, 15) is 29.1 Å². The molecule has 0 saturated heterocycles. The lowest BCUT2D eigenvalue weighted by molar-refractivity contribution is -0.142. The molecule has 0 fully saturated rings. The summed E-state index contributed by atoms with van der Waals surface area (Å²) in [6.45, 7) is 3.77. The van der Waals surface area contributed by atoms with E-state index in [0.29, 0.717) is 17.5 Å². The lowest BCUT2D eigenvalue weighted by atomic mass is 10.0. The Kier molecular flexibility index (Phi) is 11.2. The molecular weight excluding hydrogens is 540 g/mol. The van der Waals surface area contributed by atoms with Crippen LogP contribution in [0.15, 0.2) is 60.8 Å². The van der Waals surface area contributed by atoms with E-state index in [2.05, 4.69) is 20.9 Å². The minimum atomic E-state index is -1.39. The van der Waals surface area contributed by atoms with Gasteiger partial charge in [0.1, 0.15) is 18.1 Å². The molecule has 3 rings (SSSR count). The summed E-state index contributed by atoms with van der Waals surface area (Å²) in [7, 11) is 0. The fraction of sp³-hybridized carbons (Fsp3) is 0.367. The Morgan fingerprint density at radius 2 is 1.40 bits per heavy atom. The summed E-state index contributed by atoms with van der Waals surface area (Å²) in [5, 5.41) is 18.3. The van der Waals surface area contributed by atoms with Gasteiger partial charge in [-0.05, 0) is 29.5 Å². The number of fused-ring (bicyclic) bond motifs is 1. The standard InChI is InChI=1S/C30H38N6O6/c1-17(2)12-21(31)27(38)34-24(15-26(32)37)29(40)35-23(13-18-8-4-3-5-9-18)28(39)36-25(30(41)42)14-19-16-33-22-11-7-6-10-20(19)22/h3-11,16-17,21,23-25,33H,12-15,31H2,1-2H3,(H2,32,37)(H,34,38)(H,35,40)(H,36,39)(H,41,42). The molecule has 0 saturated carbocycles. The Morgan fingerprint density at radius 1 is 0.810 bits per heavy atom. The van der Waals surface area contributed by atoms with Crippen LogP contribution >= 0.6 is 0 Å². The SMILES string of the molecule is CC(C)CC(N)C(=O)NC(CC(N)=O)C(=O)NC(Cc1ccccc1)C(=O)NC(Cc1c[nH]c2ccccc12)C(=O)O. The number of aromatic nitrogens is 1. The van der Waals surface area contributed by atoms with Crippen molar-refractivity contribution in [1.29, 1.82) is 0 Å². The number of primary amides is 1. The number of amides is 4. The highest BCUT2D eigenvalue weighted by Gasteiger charge is 2.31. The minimum absolute atomic E-state index is 0.00874. The van der Waals surface area contributed by atoms with Crippen LogP contribution in [0.5, 0.6) is 0 Å². The van der Waals surface area contributed by atoms with Crippen LogP contribution in [-0.4, -0.2) is 63.9 Å². The number of carbonyl (C=O) groups is 5. The molecule has 2 aromatic carbocycles. The van der Waals surface area contributed by atoms with Gasteiger partial charge in [-0.25, -0.2) is 4.79 Å². The zero-order valence-electron chi connectivity index (χ0n) is 23.6. The van der Waals surface area contributed by atoms with Crippen LogP contribution in [0.2, 0.25) is 0 Å². The first-order valence-electron chi connectivity index (χ1n) is 13.7. The first-order chi connectivity index (χ1) is 19.9. The maximum atomic E-state index is 13.5. The first kappa shape index (κ1) is 31.8. The van der Waals surface area contributed by atoms with E-state index in [-0.39, 0.29) is 18.8 Å². The Balaban J connectivity index is 1.81. The topological polar surface area (TPSA) is 209 Å². The predicted molar refractivity (Wildman–Crippen MR) is 157 cm³/mol. The number of para-hydroxylation sites is 1. The van der Waals surface area contributed by atoms with E-state index in [1.54, 1.807) is 36.5 Å². The van der Waals surface area contributed by atoms with E-state index >= 15 is 0 Å². The number of nitrogens with one attached hydrogen (secondary N) is 4. The number of aliphatic carboxylic acids is 1. The minimum Gasteiger partial charge on any atom is -0.480 e. The molecule has 0 radical (unpaired) electrons. The highest BCUT2D eigenvalue weighted by atomic mass is 16.4. The highest BCUT2D eigenvalue weighted by molar-refractivity contribution is 5.96. The molecule has 0 bridgehead atoms. The summed E-state index contributed by atoms with van der Waals surface area (Å²) in [5.41, 5.74) is 13.5. The van der Waals surface area contributed by atoms with Gasteiger partial charge in [-0.15, -0.1) is 0 Å². The second-order valence-corrected chi connectivity index (χ2v) is 10.7. The first-order valence-corrected chi connectivity index (χ1v) is 13.7. The molecule has 3 aromatic rings. The molecule has 12 heteroatoms. The molecule has 4 unspecified atom stereocenters. The van der Waals surface area contributed by atoms with Crippen molar-refractivity contribution >= 4 is 40.5 Å². The summed E-state index contributed by atoms with van der Waals surface area (Å²) in [5.74, 6) is -4.21. The number of carboxylic acid groups (broad SMARTS) is 1. The average molecular weight is 579 g/mol. The Hall–Kier alpha value is -4.71. The molecule has 0 aliphatic heterocycles. The fourth-order valence-electron chi connectivity index (χ4n) is 4.63. The monoisotopic (exact) mass is 578 g/mol. The average Bonchev–Trinajstić information content (AvgIpc) is 3.34. The summed E-state index contributed by atoms with van der Waals surface area (Å²) >= 11 is 0. The van der Waals surface area contributed by atoms with Gasteiger partial charge in [-0.3, -0.25) is 19.2 Å². The number of aromatic amines is 1. The zero-order valence-corrected chi connectivity index (χ0v) is 23.6. The number of rotatable bonds is 15. The van der Waals surface area contributed by atoms with E-state index in [4.69, 9.17) is 11.5 Å². The second-order valence-electron chi connectivity index (χ2n) is 10.7. The number of carbonyl (C=O) groups excluding carboxylic acids is 4. The van der Waals surface area contributed by atoms with Gasteiger partial charge in [0.2, 0.25) is 23.6 Å². The lowest BCUT2D eigenvalue weighted by Crippen LogP contribution is -2.58. The van der Waals surface area contributed by atoms with Gasteiger partial charge >= 0.3 is 5.97 Å². The third-order valence-electron chi connectivity index (χ3n) is 6.73. The third kappa shape index (κ3) is 9.16. The van der Waals surface area contributed by atoms with Crippen molar-refractivity contribution in [2.24, 2.45) is 17.4 Å². The van der Waals surface area contributed by atoms with Crippen LogP contribution in [0.1, 0.15) is 37.8 Å². The van der Waals surface area contributed by atoms with Crippen molar-refractivity contribution in [3.05, 3.63) is 71.9 Å². The second kappa shape index (κ2) is 14.8. The largest absolute Gasteiger partial charge is 0.480 e. The van der Waals surface area contributed by atoms with Crippen LogP contribution in [0.25, 0.3) is 10.9 Å². The highest BCUT2D eigenvalue weighted by Crippen LogP contribution is 2.19. The molecule has 0 aliphatic rings. The van der Waals surface area contributed by atoms with Gasteiger partial charge in [0.05, 0.1) is 12.5 Å². The van der Waals surface area contributed by atoms with Crippen LogP contribution in [0.4, 0.5) is 0 Å². The zero-order chi connectivity index (χ0) is 30.8. The summed E-state index contributed by atoms with van der Waals surface area (Å²) in [6.07, 6.45) is 1.52. The van der Waals surface area contributed by atoms with E-state index in [0.717, 1.165) is 10.9 Å². The molecule has 1 aromatic heterocycles. The molecule has 9 N–H and O–H groups in total. The van der Waals surface area contributed by atoms with Crippen molar-refractivity contribution in [2.45, 2.75) is 63.7 Å². The van der Waals surface area contributed by atoms with Gasteiger partial charge < -0.3 is 37.5 Å². The molecule has 4 amide bonds. The summed E-state index contributed by atoms with van der Waals surface area (Å²) in [4.78, 5) is 66.4. The van der Waals surface area contributed by atoms with Crippen molar-refractivity contribution in [1.82, 2.24) is 20.9 Å². The van der Waals surface area contributed by atoms with Crippen LogP contribution in [0, 0.1) is 5.92 Å². The van der Waals surface area contributed by atoms with Crippen molar-refractivity contribution in [3.8, 4) is 0 Å². The van der Waals surface area contributed by atoms with Gasteiger partial charge in [-0.1, -0.05) is 62.4 Å². The van der Waals surface area contributed by atoms with Crippen molar-refractivity contribution < 1.29 is 29.1 Å². The fourth-order valence-corrected chi connectivity index (χ4v) is 4.63. The number of benzene rings is 2. The van der Waals surface area contributed by atoms with Crippen LogP contribution < -0.4 is 27.4 Å². The number of hydrogen-bond donors (Lipinski definition) is 7. The lowest BCUT2D eigenvalue weighted by Gasteiger charge is -2.25. The normalized spacial score (nSPS) is 14.0. The maximum absolute atomic E-state index is 13.5. The maximum Gasteiger partial charge on any atom is 0.326 e. The molecule has 42 heavy (non-hydrogen) atoms. The van der Waals surface area contributed by atoms with Crippen molar-refractivity contribution in [3.63, 3.8) is 0 Å². The molecule has 0 spiro atoms. The Bertz CT molecular complexity index is 1410. The number of carboxylic acids is 1. The molecule has 4 atom stereocenters. The third-order valence-corrected chi connectivity index (χ3v) is 6.73. The van der Waals surface area contributed by atoms with Gasteiger partial charge in [0, 0.05) is 29.9 Å². The Morgan fingerprint density at radius 3 is 2.05 bits per heavy atom. The van der Waals surface area contributed by atoms with Crippen molar-refractivity contribution in [2.75, 3.05) is 0 Å². The number of H-pyrrole nitrogens is 1. The van der Waals surface area contributed by atoms with Crippen LogP contribution in [-0.2, 0) is 36.8 Å². The van der Waals surface area contributed by atoms with E-state index in [1.165, 1.54) is 0 Å². The van der Waals surface area contributed by atoms with Gasteiger partial charge in [0.25, 0.3) is 0 Å².